The molecule has 0 amide bonds. The summed E-state index contributed by atoms with van der Waals surface area (Å²) >= 11 is 0. The molecule has 0 saturated heterocycles. The Labute approximate surface area is 115 Å². The van der Waals surface area contributed by atoms with Crippen LogP contribution in [0.1, 0.15) is 13.8 Å². The lowest BCUT2D eigenvalue weighted by molar-refractivity contribution is -0.159. The smallest absolute Gasteiger partial charge is 0.414 e. The van der Waals surface area contributed by atoms with Crippen LogP contribution in [-0.4, -0.2) is 34.2 Å². The van der Waals surface area contributed by atoms with Crippen molar-refractivity contribution in [3.63, 3.8) is 0 Å². The molecule has 0 aliphatic carbocycles. The first-order chi connectivity index (χ1) is 9.25. The number of para-hydroxylation sites is 1. The van der Waals surface area contributed by atoms with Gasteiger partial charge < -0.3 is 15.9 Å². The van der Waals surface area contributed by atoms with Gasteiger partial charge in [-0.2, -0.15) is 5.06 Å². The second-order valence-corrected chi connectivity index (χ2v) is 3.78. The number of carboxylic acid groups (broad SMARTS) is 2. The first kappa shape index (κ1) is 17.4. The van der Waals surface area contributed by atoms with Gasteiger partial charge in [-0.1, -0.05) is 18.2 Å². The molecule has 110 valence electrons. The molecular formula is C12H17N3O5. The van der Waals surface area contributed by atoms with Crippen LogP contribution in [0, 0.1) is 5.41 Å². The topological polar surface area (TPSA) is 137 Å². The van der Waals surface area contributed by atoms with Crippen molar-refractivity contribution in [1.82, 2.24) is 0 Å². The van der Waals surface area contributed by atoms with Gasteiger partial charge in [-0.15, -0.1) is 0 Å². The Morgan fingerprint density at radius 3 is 1.95 bits per heavy atom. The summed E-state index contributed by atoms with van der Waals surface area (Å²) in [6.07, 6.45) is -0.0147. The van der Waals surface area contributed by atoms with E-state index in [1.165, 1.54) is 5.06 Å². The second-order valence-electron chi connectivity index (χ2n) is 3.78. The van der Waals surface area contributed by atoms with Gasteiger partial charge in [0.15, 0.2) is 0 Å². The van der Waals surface area contributed by atoms with Crippen LogP contribution in [0.4, 0.5) is 5.69 Å². The first-order valence-electron chi connectivity index (χ1n) is 5.58. The predicted octanol–water partition coefficient (Wildman–Crippen LogP) is 0.882. The van der Waals surface area contributed by atoms with Gasteiger partial charge >= 0.3 is 11.9 Å². The Balaban J connectivity index is 0.000000511. The second kappa shape index (κ2) is 8.48. The van der Waals surface area contributed by atoms with Crippen molar-refractivity contribution in [1.29, 1.82) is 5.41 Å². The van der Waals surface area contributed by atoms with Crippen LogP contribution in [-0.2, 0) is 14.4 Å². The summed E-state index contributed by atoms with van der Waals surface area (Å²) in [6.45, 7) is 3.78. The van der Waals surface area contributed by atoms with E-state index >= 15 is 0 Å². The minimum Gasteiger partial charge on any atom is -0.473 e. The number of anilines is 1. The molecule has 0 saturated carbocycles. The highest BCUT2D eigenvalue weighted by atomic mass is 16.7. The lowest BCUT2D eigenvalue weighted by Gasteiger charge is -2.23. The van der Waals surface area contributed by atoms with E-state index in [1.54, 1.807) is 0 Å². The Morgan fingerprint density at radius 2 is 1.65 bits per heavy atom. The normalized spacial score (nSPS) is 9.35. The van der Waals surface area contributed by atoms with Gasteiger partial charge in [-0.05, 0) is 26.0 Å². The number of carbonyl (C=O) groups is 2. The fourth-order valence-electron chi connectivity index (χ4n) is 1.03. The molecule has 1 aromatic rings. The summed E-state index contributed by atoms with van der Waals surface area (Å²) < 4.78 is 0. The molecule has 0 aromatic heterocycles. The summed E-state index contributed by atoms with van der Waals surface area (Å²) in [5, 5.41) is 23.5. The molecule has 0 fully saturated rings. The zero-order valence-corrected chi connectivity index (χ0v) is 11.1. The number of hydrogen-bond acceptors (Lipinski definition) is 4. The maximum atomic E-state index is 9.10. The number of nitrogens with zero attached hydrogens (tertiary/aromatic N) is 1. The van der Waals surface area contributed by atoms with Gasteiger partial charge in [0.05, 0.1) is 11.8 Å². The molecule has 0 atom stereocenters. The van der Waals surface area contributed by atoms with Crippen LogP contribution in [0.5, 0.6) is 0 Å². The monoisotopic (exact) mass is 283 g/mol. The van der Waals surface area contributed by atoms with Crippen LogP contribution in [0.15, 0.2) is 30.3 Å². The van der Waals surface area contributed by atoms with Gasteiger partial charge in [0.25, 0.3) is 0 Å². The van der Waals surface area contributed by atoms with Gasteiger partial charge in [0.1, 0.15) is 0 Å². The van der Waals surface area contributed by atoms with E-state index in [0.29, 0.717) is 0 Å². The third-order valence-electron chi connectivity index (χ3n) is 1.71. The summed E-state index contributed by atoms with van der Waals surface area (Å²) in [4.78, 5) is 23.6. The highest BCUT2D eigenvalue weighted by molar-refractivity contribution is 6.27. The molecule has 0 aliphatic heterocycles. The molecule has 0 unspecified atom stereocenters. The number of guanidine groups is 1. The Bertz CT molecular complexity index is 449. The molecule has 0 heterocycles. The molecule has 1 aromatic carbocycles. The number of nitrogens with two attached hydrogens (primary N) is 1. The summed E-state index contributed by atoms with van der Waals surface area (Å²) in [5.41, 5.74) is 6.16. The number of carboxylic acids is 2. The van der Waals surface area contributed by atoms with Gasteiger partial charge in [-0.3, -0.25) is 10.2 Å². The molecule has 0 spiro atoms. The van der Waals surface area contributed by atoms with Gasteiger partial charge in [0, 0.05) is 0 Å². The highest BCUT2D eigenvalue weighted by Gasteiger charge is 2.11. The fraction of sp³-hybridized carbons (Fsp3) is 0.250. The van der Waals surface area contributed by atoms with Crippen molar-refractivity contribution in [2.75, 3.05) is 5.06 Å². The van der Waals surface area contributed by atoms with E-state index in [-0.39, 0.29) is 12.1 Å². The number of hydrogen-bond donors (Lipinski definition) is 4. The van der Waals surface area contributed by atoms with Crippen LogP contribution in [0.3, 0.4) is 0 Å². The van der Waals surface area contributed by atoms with Crippen molar-refractivity contribution >= 4 is 23.6 Å². The summed E-state index contributed by atoms with van der Waals surface area (Å²) in [5.74, 6) is -3.77. The van der Waals surface area contributed by atoms with E-state index in [9.17, 15) is 0 Å². The number of aliphatic carboxylic acids is 2. The van der Waals surface area contributed by atoms with Crippen LogP contribution in [0.2, 0.25) is 0 Å². The lowest BCUT2D eigenvalue weighted by Crippen LogP contribution is -2.38. The van der Waals surface area contributed by atoms with E-state index in [4.69, 9.17) is 35.8 Å². The zero-order chi connectivity index (χ0) is 15.7. The maximum Gasteiger partial charge on any atom is 0.414 e. The molecule has 1 rings (SSSR count). The van der Waals surface area contributed by atoms with Crippen molar-refractivity contribution < 1.29 is 24.6 Å². The lowest BCUT2D eigenvalue weighted by atomic mass is 10.3. The minimum absolute atomic E-state index is 0.0147. The standard InChI is InChI=1S/C10H15N3O.C2H2O4/c1-8(2)14-13(10(11)12)9-6-4-3-5-7-9;3-1(4)2(5)6/h3-8H,1-2H3,(H3,11,12);(H,3,4)(H,5,6). The average molecular weight is 283 g/mol. The van der Waals surface area contributed by atoms with Crippen molar-refractivity contribution in [2.45, 2.75) is 20.0 Å². The molecule has 5 N–H and O–H groups in total. The average Bonchev–Trinajstić information content (AvgIpc) is 2.37. The van der Waals surface area contributed by atoms with Crippen LogP contribution >= 0.6 is 0 Å². The molecule has 0 aliphatic rings. The van der Waals surface area contributed by atoms with E-state index < -0.39 is 11.9 Å². The quantitative estimate of drug-likeness (QED) is 0.279. The zero-order valence-electron chi connectivity index (χ0n) is 11.1. The Kier molecular flexibility index (Phi) is 7.38. The largest absolute Gasteiger partial charge is 0.473 e. The molecule has 8 nitrogen and oxygen atoms in total. The molecular weight excluding hydrogens is 266 g/mol. The van der Waals surface area contributed by atoms with Crippen LogP contribution in [0.25, 0.3) is 0 Å². The van der Waals surface area contributed by atoms with Gasteiger partial charge in [0.2, 0.25) is 5.96 Å². The van der Waals surface area contributed by atoms with Crippen molar-refractivity contribution in [2.24, 2.45) is 5.73 Å². The number of nitrogens with one attached hydrogen (secondary N) is 1. The molecule has 8 heteroatoms. The van der Waals surface area contributed by atoms with Crippen LogP contribution < -0.4 is 10.8 Å². The number of rotatable bonds is 3. The number of hydroxylamine groups is 1. The molecule has 0 bridgehead atoms. The fourth-order valence-corrected chi connectivity index (χ4v) is 1.03. The van der Waals surface area contributed by atoms with Gasteiger partial charge in [-0.25, -0.2) is 9.59 Å². The minimum atomic E-state index is -1.82. The summed E-state index contributed by atoms with van der Waals surface area (Å²) in [7, 11) is 0. The van der Waals surface area contributed by atoms with E-state index in [0.717, 1.165) is 5.69 Å². The van der Waals surface area contributed by atoms with E-state index in [2.05, 4.69) is 0 Å². The third-order valence-corrected chi connectivity index (χ3v) is 1.71. The van der Waals surface area contributed by atoms with Crippen molar-refractivity contribution in [3.05, 3.63) is 30.3 Å². The molecule has 20 heavy (non-hydrogen) atoms. The van der Waals surface area contributed by atoms with Crippen molar-refractivity contribution in [3.8, 4) is 0 Å². The Hall–Kier alpha value is -2.61. The first-order valence-corrected chi connectivity index (χ1v) is 5.58. The number of benzene rings is 1. The Morgan fingerprint density at radius 1 is 1.20 bits per heavy atom. The SMILES string of the molecule is CC(C)ON(C(=N)N)c1ccccc1.O=C(O)C(=O)O. The van der Waals surface area contributed by atoms with E-state index in [1.807, 2.05) is 44.2 Å². The molecule has 0 radical (unpaired) electrons. The summed E-state index contributed by atoms with van der Waals surface area (Å²) in [6, 6.07) is 9.31. The predicted molar refractivity (Wildman–Crippen MR) is 72.3 cm³/mol. The third kappa shape index (κ3) is 6.97. The maximum absolute atomic E-state index is 9.10. The highest BCUT2D eigenvalue weighted by Crippen LogP contribution is 2.13.